The fraction of sp³-hybridized carbons (Fsp3) is 0.625. The number of phenolic OH excluding ortho intramolecular Hbond substituents is 1. The van der Waals surface area contributed by atoms with Crippen molar-refractivity contribution in [1.29, 1.82) is 0 Å². The summed E-state index contributed by atoms with van der Waals surface area (Å²) in [5.41, 5.74) is 0. The molecule has 4 heteroatoms. The van der Waals surface area contributed by atoms with Crippen molar-refractivity contribution in [2.24, 2.45) is 0 Å². The number of unbranched alkanes of at least 4 members (excludes halogenated alkanes) is 2. The Morgan fingerprint density at radius 1 is 1.15 bits per heavy atom. The van der Waals surface area contributed by atoms with Gasteiger partial charge in [0, 0.05) is 5.88 Å². The summed E-state index contributed by atoms with van der Waals surface area (Å²) in [4.78, 5) is 3.36. The van der Waals surface area contributed by atoms with E-state index in [4.69, 9.17) is 4.74 Å². The van der Waals surface area contributed by atoms with Crippen LogP contribution in [0.3, 0.4) is 0 Å². The van der Waals surface area contributed by atoms with Gasteiger partial charge in [-0.3, -0.25) is 4.90 Å². The number of benzene rings is 1. The molecule has 0 bridgehead atoms. The highest BCUT2D eigenvalue weighted by molar-refractivity contribution is 7.99. The van der Waals surface area contributed by atoms with Gasteiger partial charge in [0.15, 0.2) is 0 Å². The standard InChI is InChI=1S/C16H27NO2S/c1-4-6-10-17(11-7-5-2)13-20-16-12-14(19-3)8-9-15(16)18/h8-9,12,18H,4-7,10-11,13H2,1-3H3. The molecule has 0 radical (unpaired) electrons. The van der Waals surface area contributed by atoms with Crippen LogP contribution < -0.4 is 4.74 Å². The van der Waals surface area contributed by atoms with Crippen molar-refractivity contribution < 1.29 is 9.84 Å². The highest BCUT2D eigenvalue weighted by Crippen LogP contribution is 2.32. The minimum atomic E-state index is 0.335. The summed E-state index contributed by atoms with van der Waals surface area (Å²) in [6, 6.07) is 5.38. The minimum Gasteiger partial charge on any atom is -0.507 e. The zero-order valence-electron chi connectivity index (χ0n) is 12.9. The number of hydrogen-bond acceptors (Lipinski definition) is 4. The van der Waals surface area contributed by atoms with Crippen LogP contribution in [0.4, 0.5) is 0 Å². The fourth-order valence-electron chi connectivity index (χ4n) is 1.90. The zero-order valence-corrected chi connectivity index (χ0v) is 13.7. The number of phenols is 1. The molecular formula is C16H27NO2S. The Kier molecular flexibility index (Phi) is 8.54. The first kappa shape index (κ1) is 17.2. The Bertz CT molecular complexity index is 377. The molecule has 0 unspecified atom stereocenters. The first-order chi connectivity index (χ1) is 9.71. The number of nitrogens with zero attached hydrogens (tertiary/aromatic N) is 1. The number of hydrogen-bond donors (Lipinski definition) is 1. The molecule has 0 atom stereocenters. The van der Waals surface area contributed by atoms with Gasteiger partial charge in [-0.05, 0) is 44.1 Å². The van der Waals surface area contributed by atoms with Crippen molar-refractivity contribution in [3.05, 3.63) is 18.2 Å². The second-order valence-corrected chi connectivity index (χ2v) is 5.92. The van der Waals surface area contributed by atoms with Crippen LogP contribution in [0.2, 0.25) is 0 Å². The van der Waals surface area contributed by atoms with Crippen molar-refractivity contribution >= 4 is 11.8 Å². The van der Waals surface area contributed by atoms with Crippen molar-refractivity contribution in [3.63, 3.8) is 0 Å². The third kappa shape index (κ3) is 6.06. The Balaban J connectivity index is 2.56. The Labute approximate surface area is 127 Å². The molecule has 1 aromatic carbocycles. The van der Waals surface area contributed by atoms with Gasteiger partial charge in [0.2, 0.25) is 0 Å². The van der Waals surface area contributed by atoms with Crippen LogP contribution in [-0.4, -0.2) is 36.1 Å². The molecule has 0 spiro atoms. The average Bonchev–Trinajstić information content (AvgIpc) is 2.48. The lowest BCUT2D eigenvalue weighted by atomic mass is 10.3. The molecule has 0 saturated carbocycles. The van der Waals surface area contributed by atoms with Crippen LogP contribution >= 0.6 is 11.8 Å². The van der Waals surface area contributed by atoms with Gasteiger partial charge in [0.05, 0.1) is 12.0 Å². The van der Waals surface area contributed by atoms with Crippen LogP contribution in [0.1, 0.15) is 39.5 Å². The fourth-order valence-corrected chi connectivity index (χ4v) is 2.90. The normalized spacial score (nSPS) is 11.0. The Morgan fingerprint density at radius 3 is 2.35 bits per heavy atom. The molecule has 1 aromatic rings. The lowest BCUT2D eigenvalue weighted by molar-refractivity contribution is 0.309. The van der Waals surface area contributed by atoms with Crippen molar-refractivity contribution in [3.8, 4) is 11.5 Å². The molecule has 114 valence electrons. The van der Waals surface area contributed by atoms with E-state index in [9.17, 15) is 5.11 Å². The van der Waals surface area contributed by atoms with Gasteiger partial charge in [-0.1, -0.05) is 26.7 Å². The van der Waals surface area contributed by atoms with Crippen molar-refractivity contribution in [2.45, 2.75) is 44.4 Å². The van der Waals surface area contributed by atoms with E-state index in [1.54, 1.807) is 31.0 Å². The summed E-state index contributed by atoms with van der Waals surface area (Å²) in [7, 11) is 1.65. The monoisotopic (exact) mass is 297 g/mol. The third-order valence-corrected chi connectivity index (χ3v) is 4.36. The molecule has 0 heterocycles. The molecule has 0 fully saturated rings. The number of aromatic hydroxyl groups is 1. The van der Waals surface area contributed by atoms with Gasteiger partial charge in [-0.2, -0.15) is 0 Å². The number of thioether (sulfide) groups is 1. The summed E-state index contributed by atoms with van der Waals surface area (Å²) >= 11 is 1.68. The second-order valence-electron chi connectivity index (χ2n) is 4.93. The molecule has 0 aromatic heterocycles. The van der Waals surface area contributed by atoms with E-state index in [1.807, 2.05) is 6.07 Å². The lowest BCUT2D eigenvalue weighted by Crippen LogP contribution is -2.25. The molecule has 0 aliphatic carbocycles. The summed E-state index contributed by atoms with van der Waals surface area (Å²) in [5, 5.41) is 9.90. The van der Waals surface area contributed by atoms with Crippen molar-refractivity contribution in [2.75, 3.05) is 26.1 Å². The zero-order chi connectivity index (χ0) is 14.8. The summed E-state index contributed by atoms with van der Waals surface area (Å²) < 4.78 is 5.21. The summed E-state index contributed by atoms with van der Waals surface area (Å²) in [5.74, 6) is 2.04. The summed E-state index contributed by atoms with van der Waals surface area (Å²) in [6.45, 7) is 6.71. The minimum absolute atomic E-state index is 0.335. The van der Waals surface area contributed by atoms with Crippen LogP contribution in [0.15, 0.2) is 23.1 Å². The maximum atomic E-state index is 9.90. The highest BCUT2D eigenvalue weighted by atomic mass is 32.2. The van der Waals surface area contributed by atoms with Gasteiger partial charge >= 0.3 is 0 Å². The molecule has 0 aliphatic heterocycles. The van der Waals surface area contributed by atoms with Crippen LogP contribution in [-0.2, 0) is 0 Å². The van der Waals surface area contributed by atoms with Gasteiger partial charge in [-0.25, -0.2) is 0 Å². The molecule has 3 nitrogen and oxygen atoms in total. The number of rotatable bonds is 10. The number of ether oxygens (including phenoxy) is 1. The van der Waals surface area contributed by atoms with Gasteiger partial charge in [-0.15, -0.1) is 11.8 Å². The van der Waals surface area contributed by atoms with Crippen LogP contribution in [0.5, 0.6) is 11.5 Å². The lowest BCUT2D eigenvalue weighted by Gasteiger charge is -2.21. The quantitative estimate of drug-likeness (QED) is 0.514. The average molecular weight is 297 g/mol. The SMILES string of the molecule is CCCCN(CCCC)CSc1cc(OC)ccc1O. The van der Waals surface area contributed by atoms with E-state index < -0.39 is 0 Å². The smallest absolute Gasteiger partial charge is 0.129 e. The van der Waals surface area contributed by atoms with E-state index in [2.05, 4.69) is 18.7 Å². The predicted molar refractivity (Wildman–Crippen MR) is 86.8 cm³/mol. The van der Waals surface area contributed by atoms with E-state index in [0.717, 1.165) is 29.6 Å². The highest BCUT2D eigenvalue weighted by Gasteiger charge is 2.08. The van der Waals surface area contributed by atoms with Crippen LogP contribution in [0, 0.1) is 0 Å². The van der Waals surface area contributed by atoms with E-state index in [-0.39, 0.29) is 0 Å². The largest absolute Gasteiger partial charge is 0.507 e. The van der Waals surface area contributed by atoms with Crippen molar-refractivity contribution in [1.82, 2.24) is 4.90 Å². The molecule has 1 N–H and O–H groups in total. The molecule has 0 amide bonds. The van der Waals surface area contributed by atoms with Gasteiger partial charge < -0.3 is 9.84 Å². The molecule has 0 aliphatic rings. The topological polar surface area (TPSA) is 32.7 Å². The third-order valence-electron chi connectivity index (χ3n) is 3.23. The first-order valence-corrected chi connectivity index (χ1v) is 8.42. The predicted octanol–water partition coefficient (Wildman–Crippen LogP) is 4.35. The molecule has 0 saturated heterocycles. The molecule has 20 heavy (non-hydrogen) atoms. The maximum Gasteiger partial charge on any atom is 0.129 e. The van der Waals surface area contributed by atoms with Crippen LogP contribution in [0.25, 0.3) is 0 Å². The van der Waals surface area contributed by atoms with E-state index in [1.165, 1.54) is 25.7 Å². The van der Waals surface area contributed by atoms with Gasteiger partial charge in [0.1, 0.15) is 11.5 Å². The van der Waals surface area contributed by atoms with E-state index >= 15 is 0 Å². The molecule has 1 rings (SSSR count). The summed E-state index contributed by atoms with van der Waals surface area (Å²) in [6.07, 6.45) is 4.90. The van der Waals surface area contributed by atoms with E-state index in [0.29, 0.717) is 5.75 Å². The van der Waals surface area contributed by atoms with Gasteiger partial charge in [0.25, 0.3) is 0 Å². The maximum absolute atomic E-state index is 9.90. The Hall–Kier alpha value is -0.870. The second kappa shape index (κ2) is 9.94. The Morgan fingerprint density at radius 2 is 1.80 bits per heavy atom. The first-order valence-electron chi connectivity index (χ1n) is 7.43. The number of methoxy groups -OCH3 is 1. The molecular weight excluding hydrogens is 270 g/mol.